The topological polar surface area (TPSA) is 36.9 Å². The van der Waals surface area contributed by atoms with E-state index in [1.807, 2.05) is 0 Å². The van der Waals surface area contributed by atoms with Gasteiger partial charge in [0.1, 0.15) is 6.10 Å². The summed E-state index contributed by atoms with van der Waals surface area (Å²) in [7, 11) is -4.91. The predicted octanol–water partition coefficient (Wildman–Crippen LogP) is 5.76. The third-order valence-electron chi connectivity index (χ3n) is 6.32. The lowest BCUT2D eigenvalue weighted by Crippen LogP contribution is -2.65. The van der Waals surface area contributed by atoms with Crippen LogP contribution in [0.3, 0.4) is 0 Å². The highest BCUT2D eigenvalue weighted by molar-refractivity contribution is 6.83. The number of hydrogen-bond donors (Lipinski definition) is 0. The summed E-state index contributed by atoms with van der Waals surface area (Å²) in [5, 5.41) is 0. The van der Waals surface area contributed by atoms with Crippen LogP contribution in [0.25, 0.3) is 0 Å². The molecule has 26 heavy (non-hydrogen) atoms. The van der Waals surface area contributed by atoms with Gasteiger partial charge in [-0.3, -0.25) is 0 Å². The van der Waals surface area contributed by atoms with E-state index >= 15 is 0 Å². The minimum Gasteiger partial charge on any atom is -0.414 e. The van der Waals surface area contributed by atoms with Crippen molar-refractivity contribution in [3.63, 3.8) is 0 Å². The van der Waals surface area contributed by atoms with Crippen molar-refractivity contribution in [3.8, 4) is 0 Å². The van der Waals surface area contributed by atoms with E-state index in [4.69, 9.17) is 17.7 Å². The summed E-state index contributed by atoms with van der Waals surface area (Å²) >= 11 is 0. The molecule has 0 saturated carbocycles. The van der Waals surface area contributed by atoms with E-state index in [1.165, 1.54) is 0 Å². The third kappa shape index (κ3) is 4.01. The highest BCUT2D eigenvalue weighted by Crippen LogP contribution is 2.47. The molecule has 6 heteroatoms. The van der Waals surface area contributed by atoms with Gasteiger partial charge in [-0.1, -0.05) is 69.2 Å². The van der Waals surface area contributed by atoms with Crippen LogP contribution < -0.4 is 0 Å². The molecule has 0 aliphatic carbocycles. The van der Waals surface area contributed by atoms with Crippen LogP contribution in [0.1, 0.15) is 75.7 Å². The van der Waals surface area contributed by atoms with Gasteiger partial charge in [0.05, 0.1) is 18.8 Å². The van der Waals surface area contributed by atoms with Crippen molar-refractivity contribution in [3.05, 3.63) is 0 Å². The molecular weight excluding hydrogens is 360 g/mol. The van der Waals surface area contributed by atoms with Crippen LogP contribution in [0.5, 0.6) is 0 Å². The molecular formula is C20H42O4Si2. The molecule has 0 aromatic carbocycles. The second-order valence-electron chi connectivity index (χ2n) is 9.82. The second-order valence-corrected chi connectivity index (χ2v) is 18.7. The Balaban J connectivity index is 2.47. The van der Waals surface area contributed by atoms with E-state index < -0.39 is 17.1 Å². The molecule has 0 spiro atoms. The molecule has 0 N–H and O–H groups in total. The lowest BCUT2D eigenvalue weighted by atomic mass is 10.0. The number of fused-ring (bicyclic) bond motifs is 1. The Morgan fingerprint density at radius 1 is 0.692 bits per heavy atom. The van der Waals surface area contributed by atoms with E-state index in [0.29, 0.717) is 34.7 Å². The first-order chi connectivity index (χ1) is 12.0. The predicted molar refractivity (Wildman–Crippen MR) is 112 cm³/mol. The Morgan fingerprint density at radius 2 is 1.19 bits per heavy atom. The zero-order chi connectivity index (χ0) is 19.9. The summed E-state index contributed by atoms with van der Waals surface area (Å²) in [6.07, 6.45) is 1.36. The molecule has 2 saturated heterocycles. The van der Waals surface area contributed by atoms with Gasteiger partial charge in [-0.15, -0.1) is 0 Å². The standard InChI is InChI=1S/C20H42O4Si2/c1-13(2)18-11-19-20(22-18)12-21-25(14(3)4,15(5)6)24-26(23-19,16(7)8)17(9)10/h13-20H,11-12H2,1-10H3. The quantitative estimate of drug-likeness (QED) is 0.548. The first-order valence-corrected chi connectivity index (χ1v) is 14.6. The van der Waals surface area contributed by atoms with Crippen LogP contribution in [0.15, 0.2) is 0 Å². The molecule has 3 unspecified atom stereocenters. The molecule has 2 rings (SSSR count). The van der Waals surface area contributed by atoms with Crippen molar-refractivity contribution < 1.29 is 17.7 Å². The summed E-state index contributed by atoms with van der Waals surface area (Å²) in [5.74, 6) is 0.499. The fourth-order valence-electron chi connectivity index (χ4n) is 4.61. The highest BCUT2D eigenvalue weighted by Gasteiger charge is 2.60. The van der Waals surface area contributed by atoms with Gasteiger partial charge >= 0.3 is 17.1 Å². The largest absolute Gasteiger partial charge is 0.414 e. The van der Waals surface area contributed by atoms with Crippen molar-refractivity contribution >= 4 is 17.1 Å². The Labute approximate surface area is 163 Å². The molecule has 3 atom stereocenters. The van der Waals surface area contributed by atoms with E-state index in [-0.39, 0.29) is 18.3 Å². The summed E-state index contributed by atoms with van der Waals surface area (Å²) < 4.78 is 27.3. The second kappa shape index (κ2) is 8.33. The number of hydrogen-bond acceptors (Lipinski definition) is 4. The maximum Gasteiger partial charge on any atom is 0.335 e. The van der Waals surface area contributed by atoms with Crippen LogP contribution in [0, 0.1) is 5.92 Å². The first-order valence-electron chi connectivity index (χ1n) is 10.6. The normalized spacial score (nSPS) is 31.7. The van der Waals surface area contributed by atoms with Crippen molar-refractivity contribution in [2.24, 2.45) is 5.92 Å². The molecule has 0 radical (unpaired) electrons. The smallest absolute Gasteiger partial charge is 0.335 e. The van der Waals surface area contributed by atoms with Crippen LogP contribution in [0.4, 0.5) is 0 Å². The fourth-order valence-corrected chi connectivity index (χ4v) is 15.8. The fraction of sp³-hybridized carbons (Fsp3) is 1.00. The molecule has 2 heterocycles. The zero-order valence-electron chi connectivity index (χ0n) is 18.7. The summed E-state index contributed by atoms with van der Waals surface area (Å²) in [6.45, 7) is 23.2. The number of ether oxygens (including phenoxy) is 1. The first kappa shape index (κ1) is 22.6. The molecule has 154 valence electrons. The van der Waals surface area contributed by atoms with Crippen molar-refractivity contribution in [2.75, 3.05) is 6.61 Å². The summed E-state index contributed by atoms with van der Waals surface area (Å²) in [4.78, 5) is 0. The molecule has 2 fully saturated rings. The maximum absolute atomic E-state index is 7.19. The maximum atomic E-state index is 7.19. The summed E-state index contributed by atoms with van der Waals surface area (Å²) in [5.41, 5.74) is 1.53. The van der Waals surface area contributed by atoms with Gasteiger partial charge in [-0.2, -0.15) is 0 Å². The number of rotatable bonds is 5. The molecule has 4 nitrogen and oxygen atoms in total. The Hall–Kier alpha value is 0.274. The zero-order valence-corrected chi connectivity index (χ0v) is 20.7. The molecule has 0 aromatic rings. The van der Waals surface area contributed by atoms with Crippen molar-refractivity contribution in [1.82, 2.24) is 0 Å². The Morgan fingerprint density at radius 3 is 1.62 bits per heavy atom. The van der Waals surface area contributed by atoms with Crippen molar-refractivity contribution in [1.29, 1.82) is 0 Å². The van der Waals surface area contributed by atoms with Crippen molar-refractivity contribution in [2.45, 2.75) is 116 Å². The van der Waals surface area contributed by atoms with Gasteiger partial charge in [-0.25, -0.2) is 0 Å². The average molecular weight is 403 g/mol. The van der Waals surface area contributed by atoms with E-state index in [2.05, 4.69) is 69.2 Å². The van der Waals surface area contributed by atoms with Gasteiger partial charge in [0.25, 0.3) is 0 Å². The van der Waals surface area contributed by atoms with E-state index in [9.17, 15) is 0 Å². The minimum atomic E-state index is -2.47. The lowest BCUT2D eigenvalue weighted by molar-refractivity contribution is -0.0466. The Bertz CT molecular complexity index is 449. The summed E-state index contributed by atoms with van der Waals surface area (Å²) in [6, 6.07) is 0. The van der Waals surface area contributed by atoms with E-state index in [0.717, 1.165) is 6.42 Å². The van der Waals surface area contributed by atoms with Gasteiger partial charge in [0.15, 0.2) is 0 Å². The molecule has 2 aliphatic rings. The molecule has 0 amide bonds. The third-order valence-corrected chi connectivity index (χ3v) is 16.6. The molecule has 0 aromatic heterocycles. The van der Waals surface area contributed by atoms with E-state index in [1.54, 1.807) is 0 Å². The minimum absolute atomic E-state index is 0.0417. The Kier molecular flexibility index (Phi) is 7.23. The van der Waals surface area contributed by atoms with Crippen LogP contribution in [-0.2, 0) is 17.7 Å². The SMILES string of the molecule is CC(C)C1CC2O[Si](C(C)C)(C(C)C)O[Si](C(C)C)(C(C)C)OCC2O1. The van der Waals surface area contributed by atoms with Gasteiger partial charge in [0.2, 0.25) is 0 Å². The molecule has 2 aliphatic heterocycles. The van der Waals surface area contributed by atoms with Crippen LogP contribution >= 0.6 is 0 Å². The van der Waals surface area contributed by atoms with Gasteiger partial charge < -0.3 is 17.7 Å². The van der Waals surface area contributed by atoms with Crippen LogP contribution in [-0.4, -0.2) is 42.0 Å². The van der Waals surface area contributed by atoms with Crippen LogP contribution in [0.2, 0.25) is 22.2 Å². The highest BCUT2D eigenvalue weighted by atomic mass is 28.5. The monoisotopic (exact) mass is 402 g/mol. The average Bonchev–Trinajstić information content (AvgIpc) is 2.88. The van der Waals surface area contributed by atoms with Gasteiger partial charge in [-0.05, 0) is 28.1 Å². The lowest BCUT2D eigenvalue weighted by Gasteiger charge is -2.51. The molecule has 0 bridgehead atoms. The van der Waals surface area contributed by atoms with Gasteiger partial charge in [0, 0.05) is 6.42 Å².